The molecule has 1 aromatic heterocycles. The number of methoxy groups -OCH3 is 1. The zero-order valence-electron chi connectivity index (χ0n) is 10.9. The second-order valence-electron chi connectivity index (χ2n) is 4.21. The van der Waals surface area contributed by atoms with Crippen LogP contribution >= 0.6 is 11.3 Å². The summed E-state index contributed by atoms with van der Waals surface area (Å²) < 4.78 is 5.45. The van der Waals surface area contributed by atoms with Crippen LogP contribution in [0.4, 0.5) is 0 Å². The van der Waals surface area contributed by atoms with Gasteiger partial charge in [0.15, 0.2) is 0 Å². The molecule has 0 N–H and O–H groups in total. The normalized spacial score (nSPS) is 10.2. The fraction of sp³-hybridized carbons (Fsp3) is 0.286. The van der Waals surface area contributed by atoms with Gasteiger partial charge in [-0.05, 0) is 38.0 Å². The Bertz CT molecular complexity index is 638. The average molecular weight is 258 g/mol. The lowest BCUT2D eigenvalue weighted by atomic mass is 10.1. The molecule has 1 heterocycles. The third kappa shape index (κ3) is 2.09. The van der Waals surface area contributed by atoms with Gasteiger partial charge in [-0.25, -0.2) is 4.98 Å². The second-order valence-corrected chi connectivity index (χ2v) is 5.21. The van der Waals surface area contributed by atoms with Crippen molar-refractivity contribution in [2.75, 3.05) is 7.11 Å². The molecule has 4 heteroatoms. The zero-order valence-corrected chi connectivity index (χ0v) is 11.7. The Hall–Kier alpha value is -1.86. The fourth-order valence-corrected chi connectivity index (χ4v) is 2.88. The van der Waals surface area contributed by atoms with E-state index in [-0.39, 0.29) is 0 Å². The summed E-state index contributed by atoms with van der Waals surface area (Å²) in [7, 11) is 1.66. The van der Waals surface area contributed by atoms with Crippen molar-refractivity contribution in [1.29, 1.82) is 5.26 Å². The molecule has 0 spiro atoms. The van der Waals surface area contributed by atoms with Crippen molar-refractivity contribution >= 4 is 11.3 Å². The van der Waals surface area contributed by atoms with E-state index in [0.29, 0.717) is 4.88 Å². The van der Waals surface area contributed by atoms with Gasteiger partial charge in [0.25, 0.3) is 0 Å². The molecule has 0 unspecified atom stereocenters. The van der Waals surface area contributed by atoms with Gasteiger partial charge in [-0.1, -0.05) is 6.07 Å². The first-order valence-corrected chi connectivity index (χ1v) is 6.41. The number of ether oxygens (including phenoxy) is 1. The molecular formula is C14H14N2OS. The van der Waals surface area contributed by atoms with Crippen molar-refractivity contribution in [3.8, 4) is 22.4 Å². The van der Waals surface area contributed by atoms with Crippen LogP contribution in [0.3, 0.4) is 0 Å². The third-order valence-electron chi connectivity index (χ3n) is 2.75. The van der Waals surface area contributed by atoms with Gasteiger partial charge in [0.2, 0.25) is 0 Å². The molecular weight excluding hydrogens is 244 g/mol. The number of thiazole rings is 1. The first-order valence-electron chi connectivity index (χ1n) is 5.60. The van der Waals surface area contributed by atoms with Crippen molar-refractivity contribution in [2.45, 2.75) is 20.8 Å². The van der Waals surface area contributed by atoms with Crippen LogP contribution in [0.2, 0.25) is 0 Å². The lowest BCUT2D eigenvalue weighted by Crippen LogP contribution is -1.92. The number of nitrogens with zero attached hydrogens (tertiary/aromatic N) is 2. The smallest absolute Gasteiger partial charge is 0.132 e. The van der Waals surface area contributed by atoms with Gasteiger partial charge in [-0.3, -0.25) is 0 Å². The Morgan fingerprint density at radius 3 is 2.56 bits per heavy atom. The van der Waals surface area contributed by atoms with E-state index in [1.807, 2.05) is 26.8 Å². The molecule has 0 aliphatic heterocycles. The molecule has 2 aromatic rings. The van der Waals surface area contributed by atoms with E-state index in [9.17, 15) is 0 Å². The Morgan fingerprint density at radius 1 is 1.28 bits per heavy atom. The lowest BCUT2D eigenvalue weighted by molar-refractivity contribution is 0.413. The van der Waals surface area contributed by atoms with E-state index in [1.54, 1.807) is 7.11 Å². The Kier molecular flexibility index (Phi) is 3.35. The van der Waals surface area contributed by atoms with Crippen LogP contribution in [0.1, 0.15) is 21.7 Å². The molecule has 0 amide bonds. The van der Waals surface area contributed by atoms with Crippen LogP contribution in [0.5, 0.6) is 5.75 Å². The second kappa shape index (κ2) is 4.79. The average Bonchev–Trinajstić information content (AvgIpc) is 2.69. The van der Waals surface area contributed by atoms with E-state index in [4.69, 9.17) is 10.00 Å². The van der Waals surface area contributed by atoms with E-state index in [0.717, 1.165) is 33.1 Å². The van der Waals surface area contributed by atoms with E-state index in [2.05, 4.69) is 17.1 Å². The third-order valence-corrected chi connectivity index (χ3v) is 3.85. The number of aryl methyl sites for hydroxylation is 3. The van der Waals surface area contributed by atoms with Crippen LogP contribution in [-0.2, 0) is 0 Å². The number of hydrogen-bond acceptors (Lipinski definition) is 4. The van der Waals surface area contributed by atoms with Gasteiger partial charge in [0.1, 0.15) is 21.7 Å². The van der Waals surface area contributed by atoms with Crippen molar-refractivity contribution < 1.29 is 4.74 Å². The number of hydrogen-bond donors (Lipinski definition) is 0. The van der Waals surface area contributed by atoms with E-state index < -0.39 is 0 Å². The Balaban J connectivity index is 2.66. The molecule has 0 radical (unpaired) electrons. The SMILES string of the molecule is COc1c(C)cc(C)cc1-c1nc(C)c(C#N)s1. The number of nitriles is 1. The fourth-order valence-electron chi connectivity index (χ4n) is 2.00. The zero-order chi connectivity index (χ0) is 13.3. The van der Waals surface area contributed by atoms with E-state index in [1.165, 1.54) is 11.3 Å². The molecule has 2 rings (SSSR count). The van der Waals surface area contributed by atoms with Crippen molar-refractivity contribution in [3.63, 3.8) is 0 Å². The minimum atomic E-state index is 0.659. The van der Waals surface area contributed by atoms with Crippen LogP contribution in [0.15, 0.2) is 12.1 Å². The van der Waals surface area contributed by atoms with Crippen LogP contribution < -0.4 is 4.74 Å². The van der Waals surface area contributed by atoms with Crippen molar-refractivity contribution in [2.24, 2.45) is 0 Å². The predicted molar refractivity (Wildman–Crippen MR) is 73.0 cm³/mol. The standard InChI is InChI=1S/C14H14N2OS/c1-8-5-9(2)13(17-4)11(6-8)14-16-10(3)12(7-15)18-14/h5-6H,1-4H3. The topological polar surface area (TPSA) is 45.9 Å². The number of aromatic nitrogens is 1. The summed E-state index contributed by atoms with van der Waals surface area (Å²) in [5.41, 5.74) is 3.98. The summed E-state index contributed by atoms with van der Waals surface area (Å²) in [6, 6.07) is 6.29. The number of rotatable bonds is 2. The minimum Gasteiger partial charge on any atom is -0.496 e. The molecule has 0 saturated carbocycles. The minimum absolute atomic E-state index is 0.659. The molecule has 0 aliphatic rings. The molecule has 0 saturated heterocycles. The summed E-state index contributed by atoms with van der Waals surface area (Å²) in [5, 5.41) is 9.84. The molecule has 0 fully saturated rings. The molecule has 0 aliphatic carbocycles. The highest BCUT2D eigenvalue weighted by molar-refractivity contribution is 7.15. The summed E-state index contributed by atoms with van der Waals surface area (Å²) in [4.78, 5) is 5.12. The number of benzene rings is 1. The van der Waals surface area contributed by atoms with Crippen LogP contribution in [0.25, 0.3) is 10.6 Å². The summed E-state index contributed by atoms with van der Waals surface area (Å²) >= 11 is 1.41. The first kappa shape index (κ1) is 12.6. The van der Waals surface area contributed by atoms with Crippen molar-refractivity contribution in [3.05, 3.63) is 33.8 Å². The van der Waals surface area contributed by atoms with Gasteiger partial charge in [0.05, 0.1) is 18.4 Å². The summed E-state index contributed by atoms with van der Waals surface area (Å²) in [5.74, 6) is 0.832. The highest BCUT2D eigenvalue weighted by Crippen LogP contribution is 2.37. The maximum atomic E-state index is 9.00. The predicted octanol–water partition coefficient (Wildman–Crippen LogP) is 3.62. The maximum absolute atomic E-state index is 9.00. The molecule has 18 heavy (non-hydrogen) atoms. The lowest BCUT2D eigenvalue weighted by Gasteiger charge is -2.10. The molecule has 3 nitrogen and oxygen atoms in total. The summed E-state index contributed by atoms with van der Waals surface area (Å²) in [6.45, 7) is 5.91. The molecule has 0 bridgehead atoms. The van der Waals surface area contributed by atoms with Gasteiger partial charge >= 0.3 is 0 Å². The molecule has 1 aromatic carbocycles. The van der Waals surface area contributed by atoms with E-state index >= 15 is 0 Å². The highest BCUT2D eigenvalue weighted by Gasteiger charge is 2.15. The maximum Gasteiger partial charge on any atom is 0.132 e. The van der Waals surface area contributed by atoms with Crippen LogP contribution in [0, 0.1) is 32.1 Å². The molecule has 0 atom stereocenters. The van der Waals surface area contributed by atoms with Gasteiger partial charge in [-0.2, -0.15) is 5.26 Å². The summed E-state index contributed by atoms with van der Waals surface area (Å²) in [6.07, 6.45) is 0. The Morgan fingerprint density at radius 2 is 2.00 bits per heavy atom. The van der Waals surface area contributed by atoms with Gasteiger partial charge in [-0.15, -0.1) is 11.3 Å². The Labute approximate surface area is 111 Å². The van der Waals surface area contributed by atoms with Gasteiger partial charge < -0.3 is 4.74 Å². The highest BCUT2D eigenvalue weighted by atomic mass is 32.1. The monoisotopic (exact) mass is 258 g/mol. The largest absolute Gasteiger partial charge is 0.496 e. The van der Waals surface area contributed by atoms with Crippen LogP contribution in [-0.4, -0.2) is 12.1 Å². The van der Waals surface area contributed by atoms with Crippen molar-refractivity contribution in [1.82, 2.24) is 4.98 Å². The van der Waals surface area contributed by atoms with Gasteiger partial charge in [0, 0.05) is 0 Å². The molecule has 92 valence electrons. The quantitative estimate of drug-likeness (QED) is 0.826. The first-order chi connectivity index (χ1) is 8.56.